The van der Waals surface area contributed by atoms with E-state index in [0.29, 0.717) is 12.0 Å². The Labute approximate surface area is 118 Å². The van der Waals surface area contributed by atoms with Crippen LogP contribution in [0.3, 0.4) is 0 Å². The standard InChI is InChI=1S/C12H16O6S2/c1-3-9-4-5-10(8-11(9)12(13)14)20(17,18)7-6-19(2,15)16/h4-5,8H,3,6-7H2,1-2H3,(H,13,14). The lowest BCUT2D eigenvalue weighted by atomic mass is 10.1. The van der Waals surface area contributed by atoms with Gasteiger partial charge in [-0.1, -0.05) is 13.0 Å². The van der Waals surface area contributed by atoms with Crippen LogP contribution in [0.5, 0.6) is 0 Å². The quantitative estimate of drug-likeness (QED) is 0.829. The number of benzene rings is 1. The first-order chi connectivity index (χ1) is 9.07. The highest BCUT2D eigenvalue weighted by Crippen LogP contribution is 2.18. The molecule has 1 aromatic rings. The Balaban J connectivity index is 3.20. The van der Waals surface area contributed by atoms with E-state index in [4.69, 9.17) is 5.11 Å². The molecule has 0 fully saturated rings. The molecule has 0 aliphatic carbocycles. The van der Waals surface area contributed by atoms with Gasteiger partial charge in [0, 0.05) is 6.26 Å². The highest BCUT2D eigenvalue weighted by Gasteiger charge is 2.20. The Morgan fingerprint density at radius 2 is 1.75 bits per heavy atom. The summed E-state index contributed by atoms with van der Waals surface area (Å²) in [4.78, 5) is 10.9. The lowest BCUT2D eigenvalue weighted by Gasteiger charge is -2.08. The van der Waals surface area contributed by atoms with E-state index in [0.717, 1.165) is 12.3 Å². The maximum atomic E-state index is 12.0. The first-order valence-electron chi connectivity index (χ1n) is 5.83. The third-order valence-electron chi connectivity index (χ3n) is 2.77. The van der Waals surface area contributed by atoms with Crippen molar-refractivity contribution in [3.05, 3.63) is 29.3 Å². The molecule has 0 aromatic heterocycles. The first kappa shape index (κ1) is 16.6. The molecule has 0 saturated carbocycles. The van der Waals surface area contributed by atoms with E-state index in [9.17, 15) is 21.6 Å². The number of carboxylic acids is 1. The number of aromatic carboxylic acids is 1. The van der Waals surface area contributed by atoms with Crippen molar-refractivity contribution in [2.75, 3.05) is 17.8 Å². The van der Waals surface area contributed by atoms with Crippen molar-refractivity contribution in [2.24, 2.45) is 0 Å². The molecule has 0 heterocycles. The summed E-state index contributed by atoms with van der Waals surface area (Å²) in [5.41, 5.74) is 0.451. The Morgan fingerprint density at radius 3 is 2.20 bits per heavy atom. The van der Waals surface area contributed by atoms with Gasteiger partial charge >= 0.3 is 5.97 Å². The average molecular weight is 320 g/mol. The second-order valence-corrected chi connectivity index (χ2v) is 8.80. The molecular formula is C12H16O6S2. The van der Waals surface area contributed by atoms with Crippen molar-refractivity contribution in [1.29, 1.82) is 0 Å². The van der Waals surface area contributed by atoms with E-state index in [1.165, 1.54) is 12.1 Å². The lowest BCUT2D eigenvalue weighted by Crippen LogP contribution is -2.17. The second-order valence-electron chi connectivity index (χ2n) is 4.43. The molecule has 0 aliphatic rings. The Bertz CT molecular complexity index is 716. The van der Waals surface area contributed by atoms with Crippen LogP contribution in [0.1, 0.15) is 22.8 Å². The number of hydrogen-bond acceptors (Lipinski definition) is 5. The topological polar surface area (TPSA) is 106 Å². The predicted octanol–water partition coefficient (Wildman–Crippen LogP) is 0.766. The van der Waals surface area contributed by atoms with Crippen LogP contribution in [0.2, 0.25) is 0 Å². The van der Waals surface area contributed by atoms with Gasteiger partial charge in [-0.25, -0.2) is 21.6 Å². The smallest absolute Gasteiger partial charge is 0.336 e. The van der Waals surface area contributed by atoms with Gasteiger partial charge in [-0.05, 0) is 24.1 Å². The lowest BCUT2D eigenvalue weighted by molar-refractivity contribution is 0.0695. The molecular weight excluding hydrogens is 304 g/mol. The summed E-state index contributed by atoms with van der Waals surface area (Å²) >= 11 is 0. The van der Waals surface area contributed by atoms with Crippen LogP contribution in [-0.2, 0) is 26.1 Å². The largest absolute Gasteiger partial charge is 0.478 e. The number of carbonyl (C=O) groups is 1. The molecule has 0 saturated heterocycles. The number of sulfone groups is 2. The fourth-order valence-electron chi connectivity index (χ4n) is 1.64. The van der Waals surface area contributed by atoms with Gasteiger partial charge in [0.1, 0.15) is 9.84 Å². The Kier molecular flexibility index (Phi) is 4.93. The molecule has 1 N–H and O–H groups in total. The highest BCUT2D eigenvalue weighted by atomic mass is 32.2. The van der Waals surface area contributed by atoms with Crippen LogP contribution in [0.15, 0.2) is 23.1 Å². The van der Waals surface area contributed by atoms with E-state index >= 15 is 0 Å². The Morgan fingerprint density at radius 1 is 1.15 bits per heavy atom. The van der Waals surface area contributed by atoms with Crippen molar-refractivity contribution >= 4 is 25.6 Å². The molecule has 1 aromatic carbocycles. The van der Waals surface area contributed by atoms with Gasteiger partial charge in [0.25, 0.3) is 0 Å². The first-order valence-corrected chi connectivity index (χ1v) is 9.55. The summed E-state index contributed by atoms with van der Waals surface area (Å²) in [7, 11) is -7.22. The average Bonchev–Trinajstić information content (AvgIpc) is 2.35. The van der Waals surface area contributed by atoms with Crippen LogP contribution >= 0.6 is 0 Å². The molecule has 8 heteroatoms. The zero-order chi connectivity index (χ0) is 15.6. The van der Waals surface area contributed by atoms with Crippen molar-refractivity contribution < 1.29 is 26.7 Å². The van der Waals surface area contributed by atoms with Crippen molar-refractivity contribution in [2.45, 2.75) is 18.2 Å². The molecule has 0 aliphatic heterocycles. The molecule has 0 atom stereocenters. The maximum Gasteiger partial charge on any atom is 0.336 e. The summed E-state index contributed by atoms with van der Waals surface area (Å²) in [6.07, 6.45) is 1.41. The zero-order valence-electron chi connectivity index (χ0n) is 11.2. The van der Waals surface area contributed by atoms with Crippen molar-refractivity contribution in [3.8, 4) is 0 Å². The minimum Gasteiger partial charge on any atom is -0.478 e. The van der Waals surface area contributed by atoms with Gasteiger partial charge in [0.15, 0.2) is 9.84 Å². The van der Waals surface area contributed by atoms with Crippen LogP contribution in [0.4, 0.5) is 0 Å². The molecule has 112 valence electrons. The van der Waals surface area contributed by atoms with Crippen molar-refractivity contribution in [3.63, 3.8) is 0 Å². The highest BCUT2D eigenvalue weighted by molar-refractivity contribution is 7.94. The molecule has 0 bridgehead atoms. The fourth-order valence-corrected chi connectivity index (χ4v) is 4.53. The summed E-state index contributed by atoms with van der Waals surface area (Å²) < 4.78 is 46.0. The third kappa shape index (κ3) is 4.31. The molecule has 6 nitrogen and oxygen atoms in total. The maximum absolute atomic E-state index is 12.0. The SMILES string of the molecule is CCc1ccc(S(=O)(=O)CCS(C)(=O)=O)cc1C(=O)O. The summed E-state index contributed by atoms with van der Waals surface area (Å²) in [6, 6.07) is 3.83. The third-order valence-corrected chi connectivity index (χ3v) is 5.69. The number of rotatable bonds is 6. The molecule has 0 spiro atoms. The predicted molar refractivity (Wildman–Crippen MR) is 74.5 cm³/mol. The summed E-state index contributed by atoms with van der Waals surface area (Å²) in [5, 5.41) is 9.06. The molecule has 20 heavy (non-hydrogen) atoms. The molecule has 0 unspecified atom stereocenters. The van der Waals surface area contributed by atoms with E-state index in [1.54, 1.807) is 6.92 Å². The number of carboxylic acid groups (broad SMARTS) is 1. The number of hydrogen-bond donors (Lipinski definition) is 1. The summed E-state index contributed by atoms with van der Waals surface area (Å²) in [5.74, 6) is -2.26. The van der Waals surface area contributed by atoms with Gasteiger partial charge < -0.3 is 5.11 Å². The minimum absolute atomic E-state index is 0.0760. The van der Waals surface area contributed by atoms with Gasteiger partial charge in [-0.3, -0.25) is 0 Å². The second kappa shape index (κ2) is 5.92. The summed E-state index contributed by atoms with van der Waals surface area (Å²) in [6.45, 7) is 1.76. The van der Waals surface area contributed by atoms with Gasteiger partial charge in [0.2, 0.25) is 0 Å². The van der Waals surface area contributed by atoms with Crippen LogP contribution in [-0.4, -0.2) is 45.7 Å². The van der Waals surface area contributed by atoms with Crippen molar-refractivity contribution in [1.82, 2.24) is 0 Å². The molecule has 1 rings (SSSR count). The molecule has 0 radical (unpaired) electrons. The van der Waals surface area contributed by atoms with E-state index in [-0.39, 0.29) is 10.5 Å². The van der Waals surface area contributed by atoms with E-state index in [1.807, 2.05) is 0 Å². The minimum atomic E-state index is -3.82. The van der Waals surface area contributed by atoms with E-state index in [2.05, 4.69) is 0 Å². The van der Waals surface area contributed by atoms with E-state index < -0.39 is 37.1 Å². The van der Waals surface area contributed by atoms with Gasteiger partial charge in [-0.15, -0.1) is 0 Å². The van der Waals surface area contributed by atoms with Gasteiger partial charge in [-0.2, -0.15) is 0 Å². The molecule has 0 amide bonds. The van der Waals surface area contributed by atoms with Gasteiger partial charge in [0.05, 0.1) is 22.0 Å². The van der Waals surface area contributed by atoms with Crippen LogP contribution in [0, 0.1) is 0 Å². The monoisotopic (exact) mass is 320 g/mol. The van der Waals surface area contributed by atoms with Crippen LogP contribution in [0.25, 0.3) is 0 Å². The fraction of sp³-hybridized carbons (Fsp3) is 0.417. The number of aryl methyl sites for hydroxylation is 1. The normalized spacial score (nSPS) is 12.3. The van der Waals surface area contributed by atoms with Crippen LogP contribution < -0.4 is 0 Å². The zero-order valence-corrected chi connectivity index (χ0v) is 12.8. The Hall–Kier alpha value is -1.41.